The lowest BCUT2D eigenvalue weighted by atomic mass is 10.1. The van der Waals surface area contributed by atoms with Gasteiger partial charge in [0.25, 0.3) is 5.69 Å². The topological polar surface area (TPSA) is 72.4 Å². The van der Waals surface area contributed by atoms with Gasteiger partial charge < -0.3 is 5.73 Å². The average Bonchev–Trinajstić information content (AvgIpc) is 2.57. The summed E-state index contributed by atoms with van der Waals surface area (Å²) in [5, 5.41) is 10.8. The molecule has 7 heteroatoms. The first-order valence-electron chi connectivity index (χ1n) is 5.88. The van der Waals surface area contributed by atoms with Crippen molar-refractivity contribution in [2.45, 2.75) is 19.5 Å². The van der Waals surface area contributed by atoms with Crippen molar-refractivity contribution in [1.82, 2.24) is 4.90 Å². The predicted molar refractivity (Wildman–Crippen MR) is 77.8 cm³/mol. The number of nitro groups is 1. The summed E-state index contributed by atoms with van der Waals surface area (Å²) in [7, 11) is 0. The second-order valence-corrected chi connectivity index (χ2v) is 5.29. The second-order valence-electron chi connectivity index (χ2n) is 4.88. The molecule has 1 saturated heterocycles. The van der Waals surface area contributed by atoms with Gasteiger partial charge in [-0.3, -0.25) is 15.0 Å². The molecule has 1 fully saturated rings. The fourth-order valence-electron chi connectivity index (χ4n) is 2.28. The summed E-state index contributed by atoms with van der Waals surface area (Å²) in [5.41, 5.74) is 6.89. The fraction of sp³-hybridized carbons (Fsp3) is 0.500. The van der Waals surface area contributed by atoms with Gasteiger partial charge in [0.15, 0.2) is 0 Å². The summed E-state index contributed by atoms with van der Waals surface area (Å²) in [6.07, 6.45) is 0. The molecule has 19 heavy (non-hydrogen) atoms. The van der Waals surface area contributed by atoms with Crippen LogP contribution < -0.4 is 5.73 Å². The zero-order valence-electron chi connectivity index (χ0n) is 10.6. The Morgan fingerprint density at radius 3 is 2.68 bits per heavy atom. The van der Waals surface area contributed by atoms with Crippen LogP contribution in [-0.2, 0) is 6.54 Å². The standard InChI is InChI=1S/C12H16ClN3O2.ClH/c1-8-5-15(7-11(8)14)6-9-2-3-12(16(17)18)10(13)4-9;/h2-4,8,11H,5-7,14H2,1H3;1H. The smallest absolute Gasteiger partial charge is 0.287 e. The lowest BCUT2D eigenvalue weighted by Crippen LogP contribution is -2.28. The molecule has 2 unspecified atom stereocenters. The van der Waals surface area contributed by atoms with Crippen molar-refractivity contribution in [2.24, 2.45) is 11.7 Å². The van der Waals surface area contributed by atoms with Crippen molar-refractivity contribution in [2.75, 3.05) is 13.1 Å². The van der Waals surface area contributed by atoms with Crippen molar-refractivity contribution in [3.63, 3.8) is 0 Å². The van der Waals surface area contributed by atoms with Crippen LogP contribution in [0.25, 0.3) is 0 Å². The number of nitro benzene ring substituents is 1. The van der Waals surface area contributed by atoms with Crippen LogP contribution in [0.2, 0.25) is 5.02 Å². The van der Waals surface area contributed by atoms with E-state index in [-0.39, 0.29) is 29.2 Å². The largest absolute Gasteiger partial charge is 0.326 e. The Hall–Kier alpha value is -0.880. The van der Waals surface area contributed by atoms with Gasteiger partial charge in [-0.25, -0.2) is 0 Å². The van der Waals surface area contributed by atoms with Crippen LogP contribution in [0.4, 0.5) is 5.69 Å². The van der Waals surface area contributed by atoms with Gasteiger partial charge >= 0.3 is 0 Å². The first-order chi connectivity index (χ1) is 8.47. The number of rotatable bonds is 3. The zero-order chi connectivity index (χ0) is 13.3. The normalized spacial score (nSPS) is 23.1. The highest BCUT2D eigenvalue weighted by atomic mass is 35.5. The van der Waals surface area contributed by atoms with E-state index in [1.807, 2.05) is 0 Å². The Morgan fingerprint density at radius 2 is 2.21 bits per heavy atom. The van der Waals surface area contributed by atoms with E-state index in [9.17, 15) is 10.1 Å². The highest BCUT2D eigenvalue weighted by Gasteiger charge is 2.26. The van der Waals surface area contributed by atoms with Gasteiger partial charge in [0.1, 0.15) is 5.02 Å². The number of hydrogen-bond acceptors (Lipinski definition) is 4. The molecule has 0 amide bonds. The molecule has 1 heterocycles. The van der Waals surface area contributed by atoms with Gasteiger partial charge in [0.2, 0.25) is 0 Å². The molecule has 1 aliphatic heterocycles. The van der Waals surface area contributed by atoms with Gasteiger partial charge in [-0.05, 0) is 17.5 Å². The van der Waals surface area contributed by atoms with Crippen LogP contribution in [0.5, 0.6) is 0 Å². The first kappa shape index (κ1) is 16.2. The molecule has 0 spiro atoms. The van der Waals surface area contributed by atoms with Crippen molar-refractivity contribution in [1.29, 1.82) is 0 Å². The summed E-state index contributed by atoms with van der Waals surface area (Å²) < 4.78 is 0. The number of nitrogens with zero attached hydrogens (tertiary/aromatic N) is 2. The van der Waals surface area contributed by atoms with Crippen LogP contribution in [-0.4, -0.2) is 29.0 Å². The number of halogens is 2. The maximum absolute atomic E-state index is 10.7. The minimum atomic E-state index is -0.472. The lowest BCUT2D eigenvalue weighted by Gasteiger charge is -2.15. The molecule has 0 bridgehead atoms. The Labute approximate surface area is 123 Å². The molecule has 1 aromatic carbocycles. The molecule has 1 aromatic rings. The molecule has 1 aliphatic rings. The molecule has 2 rings (SSSR count). The van der Waals surface area contributed by atoms with E-state index in [0.717, 1.165) is 25.2 Å². The Kier molecular flexibility index (Phi) is 5.55. The van der Waals surface area contributed by atoms with Crippen LogP contribution in [0.3, 0.4) is 0 Å². The molecule has 2 atom stereocenters. The van der Waals surface area contributed by atoms with Crippen molar-refractivity contribution in [3.05, 3.63) is 38.9 Å². The van der Waals surface area contributed by atoms with E-state index in [0.29, 0.717) is 5.92 Å². The van der Waals surface area contributed by atoms with Crippen molar-refractivity contribution in [3.8, 4) is 0 Å². The van der Waals surface area contributed by atoms with Crippen LogP contribution >= 0.6 is 24.0 Å². The molecular weight excluding hydrogens is 289 g/mol. The van der Waals surface area contributed by atoms with Crippen LogP contribution in [0, 0.1) is 16.0 Å². The van der Waals surface area contributed by atoms with E-state index < -0.39 is 4.92 Å². The fourth-order valence-corrected chi connectivity index (χ4v) is 2.55. The van der Waals surface area contributed by atoms with E-state index in [1.54, 1.807) is 12.1 Å². The first-order valence-corrected chi connectivity index (χ1v) is 6.26. The molecule has 0 saturated carbocycles. The SMILES string of the molecule is CC1CN(Cc2ccc([N+](=O)[O-])c(Cl)c2)CC1N.Cl. The third-order valence-corrected chi connectivity index (χ3v) is 3.66. The molecule has 0 radical (unpaired) electrons. The Bertz CT molecular complexity index is 460. The van der Waals surface area contributed by atoms with Gasteiger partial charge in [-0.1, -0.05) is 24.6 Å². The summed E-state index contributed by atoms with van der Waals surface area (Å²) in [4.78, 5) is 12.4. The monoisotopic (exact) mass is 305 g/mol. The van der Waals surface area contributed by atoms with E-state index in [1.165, 1.54) is 6.07 Å². The molecular formula is C12H17Cl2N3O2. The minimum absolute atomic E-state index is 0. The molecule has 0 aromatic heterocycles. The van der Waals surface area contributed by atoms with Crippen molar-refractivity contribution < 1.29 is 4.92 Å². The Balaban J connectivity index is 0.00000180. The zero-order valence-corrected chi connectivity index (χ0v) is 12.2. The van der Waals surface area contributed by atoms with Crippen LogP contribution in [0.15, 0.2) is 18.2 Å². The molecule has 106 valence electrons. The third-order valence-electron chi connectivity index (χ3n) is 3.36. The maximum atomic E-state index is 10.7. The van der Waals surface area contributed by atoms with E-state index >= 15 is 0 Å². The van der Waals surface area contributed by atoms with Gasteiger partial charge in [0, 0.05) is 31.7 Å². The maximum Gasteiger partial charge on any atom is 0.287 e. The highest BCUT2D eigenvalue weighted by Crippen LogP contribution is 2.26. The molecule has 5 nitrogen and oxygen atoms in total. The van der Waals surface area contributed by atoms with Gasteiger partial charge in [-0.2, -0.15) is 0 Å². The minimum Gasteiger partial charge on any atom is -0.326 e. The van der Waals surface area contributed by atoms with E-state index in [2.05, 4.69) is 11.8 Å². The highest BCUT2D eigenvalue weighted by molar-refractivity contribution is 6.32. The average molecular weight is 306 g/mol. The van der Waals surface area contributed by atoms with Crippen molar-refractivity contribution >= 4 is 29.7 Å². The predicted octanol–water partition coefficient (Wildman–Crippen LogP) is 2.45. The van der Waals surface area contributed by atoms with Gasteiger partial charge in [0.05, 0.1) is 4.92 Å². The number of benzene rings is 1. The quantitative estimate of drug-likeness (QED) is 0.687. The summed E-state index contributed by atoms with van der Waals surface area (Å²) in [6, 6.07) is 5.07. The summed E-state index contributed by atoms with van der Waals surface area (Å²) in [5.74, 6) is 0.485. The summed E-state index contributed by atoms with van der Waals surface area (Å²) in [6.45, 7) is 4.68. The second kappa shape index (κ2) is 6.52. The van der Waals surface area contributed by atoms with Gasteiger partial charge in [-0.15, -0.1) is 12.4 Å². The van der Waals surface area contributed by atoms with E-state index in [4.69, 9.17) is 17.3 Å². The third kappa shape index (κ3) is 3.79. The Morgan fingerprint density at radius 1 is 1.53 bits per heavy atom. The number of nitrogens with two attached hydrogens (primary N) is 1. The molecule has 2 N–H and O–H groups in total. The lowest BCUT2D eigenvalue weighted by molar-refractivity contribution is -0.384. The molecule has 0 aliphatic carbocycles. The summed E-state index contributed by atoms with van der Waals surface area (Å²) >= 11 is 5.88. The number of likely N-dealkylation sites (tertiary alicyclic amines) is 1. The van der Waals surface area contributed by atoms with Crippen LogP contribution in [0.1, 0.15) is 12.5 Å². The number of hydrogen-bond donors (Lipinski definition) is 1.